The summed E-state index contributed by atoms with van der Waals surface area (Å²) in [6.45, 7) is 4.66. The third-order valence-electron chi connectivity index (χ3n) is 6.73. The number of nitrogens with one attached hydrogen (secondary N) is 1. The number of allylic oxidation sites excluding steroid dienone is 4. The van der Waals surface area contributed by atoms with Crippen LogP contribution in [0.15, 0.2) is 59.9 Å². The normalized spacial score (nSPS) is 20.4. The van der Waals surface area contributed by atoms with Crippen LogP contribution in [0.3, 0.4) is 0 Å². The highest BCUT2D eigenvalue weighted by Crippen LogP contribution is 2.41. The Morgan fingerprint density at radius 2 is 2.06 bits per heavy atom. The lowest BCUT2D eigenvalue weighted by Crippen LogP contribution is -2.35. The van der Waals surface area contributed by atoms with Crippen molar-refractivity contribution in [2.45, 2.75) is 51.2 Å². The maximum absolute atomic E-state index is 13.8. The van der Waals surface area contributed by atoms with Crippen LogP contribution in [0, 0.1) is 12.7 Å². The van der Waals surface area contributed by atoms with Gasteiger partial charge in [-0.25, -0.2) is 9.18 Å². The van der Waals surface area contributed by atoms with E-state index in [0.717, 1.165) is 36.1 Å². The van der Waals surface area contributed by atoms with Crippen molar-refractivity contribution in [1.29, 1.82) is 0 Å². The van der Waals surface area contributed by atoms with Gasteiger partial charge in [-0.05, 0) is 67.2 Å². The summed E-state index contributed by atoms with van der Waals surface area (Å²) >= 11 is 0. The molecule has 0 spiro atoms. The minimum absolute atomic E-state index is 0.000587. The van der Waals surface area contributed by atoms with Crippen molar-refractivity contribution in [1.82, 2.24) is 5.32 Å². The molecule has 0 bridgehead atoms. The summed E-state index contributed by atoms with van der Waals surface area (Å²) in [6.07, 6.45) is 7.07. The summed E-state index contributed by atoms with van der Waals surface area (Å²) in [5, 5.41) is 3.55. The van der Waals surface area contributed by atoms with Gasteiger partial charge in [0.25, 0.3) is 0 Å². The van der Waals surface area contributed by atoms with Crippen LogP contribution in [-0.4, -0.2) is 32.8 Å². The Bertz CT molecular complexity index is 1120. The summed E-state index contributed by atoms with van der Waals surface area (Å²) in [7, 11) is 2.87. The number of hydrogen-bond acceptors (Lipinski definition) is 5. The van der Waals surface area contributed by atoms with E-state index in [2.05, 4.69) is 30.5 Å². The molecule has 0 fully saturated rings. The number of ether oxygens (including phenoxy) is 3. The van der Waals surface area contributed by atoms with E-state index in [1.807, 2.05) is 19.1 Å². The average molecular weight is 466 g/mol. The largest absolute Gasteiger partial charge is 0.494 e. The predicted molar refractivity (Wildman–Crippen MR) is 130 cm³/mol. The lowest BCUT2D eigenvalue weighted by molar-refractivity contribution is 0.0599. The molecule has 5 nitrogen and oxygen atoms in total. The van der Waals surface area contributed by atoms with E-state index in [1.54, 1.807) is 12.1 Å². The van der Waals surface area contributed by atoms with Gasteiger partial charge in [0.1, 0.15) is 11.9 Å². The van der Waals surface area contributed by atoms with E-state index >= 15 is 0 Å². The van der Waals surface area contributed by atoms with Crippen molar-refractivity contribution in [3.8, 4) is 5.75 Å². The van der Waals surface area contributed by atoms with Gasteiger partial charge in [-0.1, -0.05) is 30.4 Å². The molecule has 2 aromatic rings. The first kappa shape index (κ1) is 24.0. The van der Waals surface area contributed by atoms with Crippen molar-refractivity contribution in [3.63, 3.8) is 0 Å². The van der Waals surface area contributed by atoms with E-state index in [9.17, 15) is 9.18 Å². The number of hydrogen-bond donors (Lipinski definition) is 1. The van der Waals surface area contributed by atoms with E-state index in [1.165, 1.54) is 31.4 Å². The highest BCUT2D eigenvalue weighted by atomic mass is 19.1. The Labute approximate surface area is 200 Å². The molecule has 34 heavy (non-hydrogen) atoms. The van der Waals surface area contributed by atoms with Crippen LogP contribution in [0.2, 0.25) is 0 Å². The monoisotopic (exact) mass is 465 g/mol. The Balaban J connectivity index is 1.51. The molecule has 6 heteroatoms. The van der Waals surface area contributed by atoms with Gasteiger partial charge >= 0.3 is 5.97 Å². The smallest absolute Gasteiger partial charge is 0.338 e. The molecule has 1 heterocycles. The van der Waals surface area contributed by atoms with Crippen LogP contribution in [0.5, 0.6) is 5.75 Å². The van der Waals surface area contributed by atoms with E-state index in [4.69, 9.17) is 14.2 Å². The van der Waals surface area contributed by atoms with Crippen molar-refractivity contribution in [2.24, 2.45) is 0 Å². The van der Waals surface area contributed by atoms with Gasteiger partial charge in [0.2, 0.25) is 0 Å². The molecule has 1 aliphatic heterocycles. The molecule has 1 aliphatic carbocycles. The third-order valence-corrected chi connectivity index (χ3v) is 6.73. The van der Waals surface area contributed by atoms with Crippen molar-refractivity contribution in [2.75, 3.05) is 20.8 Å². The number of rotatable bonds is 7. The molecule has 0 amide bonds. The minimum Gasteiger partial charge on any atom is -0.494 e. The van der Waals surface area contributed by atoms with Crippen molar-refractivity contribution in [3.05, 3.63) is 88.0 Å². The van der Waals surface area contributed by atoms with Gasteiger partial charge in [0.05, 0.1) is 19.8 Å². The lowest BCUT2D eigenvalue weighted by atomic mass is 9.80. The standard InChI is InChI=1S/C28H32FNO4/c1-17-13-20(9-11-22(17)28(31)33-4)24-15-21(34-26-8-6-5-7-23(24)26)16-30-18(2)19-10-12-25(29)27(14-19)32-3/h5,7,9-14,18,21,24,30H,6,8,15-16H2,1-4H3/t18-,21?,24?/m1/s1. The molecular formula is C28H32FNO4. The number of esters is 1. The SMILES string of the molecule is COC(=O)c1ccc(C2CC(CN[C@H](C)c3ccc(F)c(OC)c3)OC3=C2C=CCC3)cc1C. The zero-order valence-corrected chi connectivity index (χ0v) is 20.2. The summed E-state index contributed by atoms with van der Waals surface area (Å²) in [6, 6.07) is 10.9. The molecule has 0 radical (unpaired) electrons. The van der Waals surface area contributed by atoms with Crippen LogP contribution in [0.4, 0.5) is 4.39 Å². The van der Waals surface area contributed by atoms with Crippen LogP contribution in [0.1, 0.15) is 65.2 Å². The maximum atomic E-state index is 13.8. The van der Waals surface area contributed by atoms with Gasteiger partial charge in [0.15, 0.2) is 11.6 Å². The van der Waals surface area contributed by atoms with Gasteiger partial charge < -0.3 is 19.5 Å². The fourth-order valence-corrected chi connectivity index (χ4v) is 4.79. The topological polar surface area (TPSA) is 56.8 Å². The summed E-state index contributed by atoms with van der Waals surface area (Å²) in [4.78, 5) is 12.0. The first-order chi connectivity index (χ1) is 16.4. The zero-order valence-electron chi connectivity index (χ0n) is 20.2. The number of carbonyl (C=O) groups excluding carboxylic acids is 1. The molecule has 180 valence electrons. The van der Waals surface area contributed by atoms with Crippen LogP contribution < -0.4 is 10.1 Å². The van der Waals surface area contributed by atoms with Crippen molar-refractivity contribution >= 4 is 5.97 Å². The second-order valence-corrected chi connectivity index (χ2v) is 8.94. The molecule has 1 N–H and O–H groups in total. The molecule has 2 unspecified atom stereocenters. The fourth-order valence-electron chi connectivity index (χ4n) is 4.79. The maximum Gasteiger partial charge on any atom is 0.338 e. The van der Waals surface area contributed by atoms with Gasteiger partial charge in [-0.2, -0.15) is 0 Å². The second-order valence-electron chi connectivity index (χ2n) is 8.94. The Morgan fingerprint density at radius 3 is 2.79 bits per heavy atom. The number of methoxy groups -OCH3 is 2. The number of aryl methyl sites for hydroxylation is 1. The van der Waals surface area contributed by atoms with Crippen molar-refractivity contribution < 1.29 is 23.4 Å². The van der Waals surface area contributed by atoms with Gasteiger partial charge in [-0.15, -0.1) is 0 Å². The van der Waals surface area contributed by atoms with E-state index in [-0.39, 0.29) is 35.6 Å². The highest BCUT2D eigenvalue weighted by Gasteiger charge is 2.32. The summed E-state index contributed by atoms with van der Waals surface area (Å²) < 4.78 is 30.2. The Hall–Kier alpha value is -3.12. The van der Waals surface area contributed by atoms with E-state index < -0.39 is 0 Å². The summed E-state index contributed by atoms with van der Waals surface area (Å²) in [5.74, 6) is 0.807. The van der Waals surface area contributed by atoms with Crippen LogP contribution in [0.25, 0.3) is 0 Å². The quantitative estimate of drug-likeness (QED) is 0.527. The molecule has 4 rings (SSSR count). The number of carbonyl (C=O) groups is 1. The highest BCUT2D eigenvalue weighted by molar-refractivity contribution is 5.91. The van der Waals surface area contributed by atoms with E-state index in [0.29, 0.717) is 12.1 Å². The van der Waals surface area contributed by atoms with Gasteiger partial charge in [0, 0.05) is 24.9 Å². The molecule has 0 saturated carbocycles. The Kier molecular flexibility index (Phi) is 7.37. The first-order valence-corrected chi connectivity index (χ1v) is 11.7. The average Bonchev–Trinajstić information content (AvgIpc) is 2.86. The molecule has 2 aliphatic rings. The third kappa shape index (κ3) is 5.02. The van der Waals surface area contributed by atoms with Crippen LogP contribution >= 0.6 is 0 Å². The Morgan fingerprint density at radius 1 is 1.24 bits per heavy atom. The lowest BCUT2D eigenvalue weighted by Gasteiger charge is -2.36. The number of halogens is 1. The fraction of sp³-hybridized carbons (Fsp3) is 0.393. The molecule has 0 saturated heterocycles. The molecule has 3 atom stereocenters. The zero-order chi connectivity index (χ0) is 24.2. The summed E-state index contributed by atoms with van der Waals surface area (Å²) in [5.41, 5.74) is 4.86. The minimum atomic E-state index is -0.366. The first-order valence-electron chi connectivity index (χ1n) is 11.7. The van der Waals surface area contributed by atoms with Gasteiger partial charge in [-0.3, -0.25) is 0 Å². The molecule has 0 aromatic heterocycles. The predicted octanol–water partition coefficient (Wildman–Crippen LogP) is 5.76. The molecule has 2 aromatic carbocycles. The second kappa shape index (κ2) is 10.4. The molecular weight excluding hydrogens is 433 g/mol. The van der Waals surface area contributed by atoms with Crippen LogP contribution in [-0.2, 0) is 9.47 Å². The number of benzene rings is 2.